The number of aromatic nitrogens is 6. The molecule has 38 heavy (non-hydrogen) atoms. The van der Waals surface area contributed by atoms with Crippen LogP contribution in [0, 0.1) is 6.92 Å². The molecule has 0 spiro atoms. The van der Waals surface area contributed by atoms with Crippen molar-refractivity contribution in [2.45, 2.75) is 13.5 Å². The molecule has 10 nitrogen and oxygen atoms in total. The Bertz CT molecular complexity index is 1870. The third-order valence-corrected chi connectivity index (χ3v) is 6.47. The third-order valence-electron chi connectivity index (χ3n) is 6.17. The van der Waals surface area contributed by atoms with Crippen molar-refractivity contribution in [2.75, 3.05) is 14.2 Å². The van der Waals surface area contributed by atoms with Crippen molar-refractivity contribution in [1.29, 1.82) is 0 Å². The molecule has 0 unspecified atom stereocenters. The van der Waals surface area contributed by atoms with E-state index < -0.39 is 5.63 Å². The molecule has 0 radical (unpaired) electrons. The summed E-state index contributed by atoms with van der Waals surface area (Å²) in [6, 6.07) is 14.7. The van der Waals surface area contributed by atoms with E-state index in [0.717, 1.165) is 22.3 Å². The minimum absolute atomic E-state index is 0.0557. The van der Waals surface area contributed by atoms with Gasteiger partial charge in [0.2, 0.25) is 11.8 Å². The van der Waals surface area contributed by atoms with Crippen LogP contribution in [0.3, 0.4) is 0 Å². The molecule has 4 heterocycles. The Morgan fingerprint density at radius 3 is 2.58 bits per heavy atom. The lowest BCUT2D eigenvalue weighted by molar-refractivity contribution is 0.394. The fourth-order valence-corrected chi connectivity index (χ4v) is 4.56. The maximum absolute atomic E-state index is 13.4. The molecule has 0 saturated carbocycles. The number of ether oxygens (including phenoxy) is 2. The molecule has 0 aliphatic carbocycles. The van der Waals surface area contributed by atoms with Crippen LogP contribution in [0.15, 0.2) is 70.1 Å². The standard InChI is InChI=1S/C27H21ClN6O4/c1-15-11-17-14-33(13-16-6-8-18(36-2)9-7-16)32-24(17)22-23(15)30-26(38-27(22)35)20-12-21(37-3)31-34(20)25-19(28)5-4-10-29-25/h4-12,14H,13H2,1-3H3. The summed E-state index contributed by atoms with van der Waals surface area (Å²) in [7, 11) is 3.12. The Labute approximate surface area is 221 Å². The zero-order valence-electron chi connectivity index (χ0n) is 20.7. The van der Waals surface area contributed by atoms with Crippen LogP contribution < -0.4 is 15.1 Å². The van der Waals surface area contributed by atoms with Gasteiger partial charge in [-0.25, -0.2) is 19.4 Å². The number of benzene rings is 2. The second-order valence-electron chi connectivity index (χ2n) is 8.63. The molecule has 4 aromatic heterocycles. The predicted octanol–water partition coefficient (Wildman–Crippen LogP) is 4.81. The monoisotopic (exact) mass is 528 g/mol. The zero-order valence-corrected chi connectivity index (χ0v) is 21.4. The molecule has 0 N–H and O–H groups in total. The quantitative estimate of drug-likeness (QED) is 0.303. The van der Waals surface area contributed by atoms with E-state index >= 15 is 0 Å². The van der Waals surface area contributed by atoms with E-state index in [1.165, 1.54) is 11.8 Å². The molecule has 0 fully saturated rings. The van der Waals surface area contributed by atoms with Gasteiger partial charge in [-0.3, -0.25) is 4.68 Å². The highest BCUT2D eigenvalue weighted by molar-refractivity contribution is 6.32. The fourth-order valence-electron chi connectivity index (χ4n) is 4.36. The van der Waals surface area contributed by atoms with Gasteiger partial charge in [-0.05, 0) is 48.4 Å². The summed E-state index contributed by atoms with van der Waals surface area (Å²) >= 11 is 6.37. The number of aryl methyl sites for hydroxylation is 1. The van der Waals surface area contributed by atoms with Gasteiger partial charge in [-0.15, -0.1) is 5.10 Å². The molecule has 11 heteroatoms. The lowest BCUT2D eigenvalue weighted by Crippen LogP contribution is -2.08. The lowest BCUT2D eigenvalue weighted by atomic mass is 10.1. The van der Waals surface area contributed by atoms with Gasteiger partial charge < -0.3 is 13.9 Å². The molecule has 0 aliphatic rings. The Hall–Kier alpha value is -4.70. The first kappa shape index (κ1) is 23.7. The van der Waals surface area contributed by atoms with Gasteiger partial charge in [0.25, 0.3) is 0 Å². The Morgan fingerprint density at radius 1 is 1.03 bits per heavy atom. The van der Waals surface area contributed by atoms with Crippen LogP contribution in [0.1, 0.15) is 11.1 Å². The Kier molecular flexibility index (Phi) is 5.80. The summed E-state index contributed by atoms with van der Waals surface area (Å²) in [6.45, 7) is 2.42. The summed E-state index contributed by atoms with van der Waals surface area (Å²) in [4.78, 5) is 22.4. The van der Waals surface area contributed by atoms with Crippen LogP contribution in [-0.2, 0) is 6.54 Å². The zero-order chi connectivity index (χ0) is 26.4. The third kappa shape index (κ3) is 4.04. The van der Waals surface area contributed by atoms with Gasteiger partial charge in [0, 0.05) is 23.8 Å². The largest absolute Gasteiger partial charge is 0.497 e. The molecule has 6 rings (SSSR count). The second kappa shape index (κ2) is 9.31. The van der Waals surface area contributed by atoms with Gasteiger partial charge in [0.1, 0.15) is 22.3 Å². The molecule has 0 bridgehead atoms. The summed E-state index contributed by atoms with van der Waals surface area (Å²) in [5, 5.41) is 10.6. The average molecular weight is 529 g/mol. The van der Waals surface area contributed by atoms with E-state index in [4.69, 9.17) is 35.6 Å². The van der Waals surface area contributed by atoms with E-state index in [-0.39, 0.29) is 11.8 Å². The first-order chi connectivity index (χ1) is 18.4. The molecule has 0 aliphatic heterocycles. The fraction of sp³-hybridized carbons (Fsp3) is 0.148. The first-order valence-electron chi connectivity index (χ1n) is 11.6. The number of fused-ring (bicyclic) bond motifs is 3. The maximum Gasteiger partial charge on any atom is 0.349 e. The van der Waals surface area contributed by atoms with E-state index in [2.05, 4.69) is 10.1 Å². The van der Waals surface area contributed by atoms with Crippen molar-refractivity contribution >= 4 is 33.4 Å². The molecule has 0 amide bonds. The summed E-state index contributed by atoms with van der Waals surface area (Å²) in [5.41, 5.74) is 2.66. The molecular formula is C27H21ClN6O4. The molecule has 0 saturated heterocycles. The molecule has 6 aromatic rings. The van der Waals surface area contributed by atoms with Gasteiger partial charge in [-0.1, -0.05) is 23.7 Å². The number of hydrogen-bond acceptors (Lipinski definition) is 8. The van der Waals surface area contributed by atoms with E-state index in [9.17, 15) is 4.79 Å². The Balaban J connectivity index is 1.48. The van der Waals surface area contributed by atoms with Crippen LogP contribution in [0.4, 0.5) is 0 Å². The van der Waals surface area contributed by atoms with Gasteiger partial charge >= 0.3 is 5.63 Å². The van der Waals surface area contributed by atoms with Gasteiger partial charge in [0.05, 0.1) is 31.3 Å². The highest BCUT2D eigenvalue weighted by atomic mass is 35.5. The van der Waals surface area contributed by atoms with Crippen molar-refractivity contribution < 1.29 is 13.9 Å². The van der Waals surface area contributed by atoms with Crippen molar-refractivity contribution in [2.24, 2.45) is 0 Å². The molecule has 0 atom stereocenters. The van der Waals surface area contributed by atoms with Crippen LogP contribution in [0.25, 0.3) is 39.2 Å². The summed E-state index contributed by atoms with van der Waals surface area (Å²) in [6.07, 6.45) is 3.49. The Morgan fingerprint density at radius 2 is 1.84 bits per heavy atom. The van der Waals surface area contributed by atoms with Crippen molar-refractivity contribution in [3.63, 3.8) is 0 Å². The number of hydrogen-bond donors (Lipinski definition) is 0. The van der Waals surface area contributed by atoms with Crippen LogP contribution in [-0.4, -0.2) is 43.7 Å². The van der Waals surface area contributed by atoms with Crippen molar-refractivity contribution in [1.82, 2.24) is 29.5 Å². The minimum Gasteiger partial charge on any atom is -0.497 e. The normalized spacial score (nSPS) is 11.4. The predicted molar refractivity (Wildman–Crippen MR) is 142 cm³/mol. The number of nitrogens with zero attached hydrogens (tertiary/aromatic N) is 6. The maximum atomic E-state index is 13.4. The van der Waals surface area contributed by atoms with E-state index in [1.807, 2.05) is 43.5 Å². The first-order valence-corrected chi connectivity index (χ1v) is 12.0. The topological polar surface area (TPSA) is 110 Å². The van der Waals surface area contributed by atoms with Crippen molar-refractivity contribution in [3.8, 4) is 29.0 Å². The SMILES string of the molecule is COc1ccc(Cn2cc3cc(C)c4nc(-c5cc(OC)nn5-c5ncccc5Cl)oc(=O)c4c3n2)cc1. The van der Waals surface area contributed by atoms with Crippen molar-refractivity contribution in [3.05, 3.63) is 87.5 Å². The summed E-state index contributed by atoms with van der Waals surface area (Å²) < 4.78 is 19.5. The molecular weight excluding hydrogens is 508 g/mol. The smallest absolute Gasteiger partial charge is 0.349 e. The number of halogens is 1. The second-order valence-corrected chi connectivity index (χ2v) is 9.04. The minimum atomic E-state index is -0.563. The van der Waals surface area contributed by atoms with E-state index in [1.54, 1.807) is 36.2 Å². The molecule has 2 aromatic carbocycles. The summed E-state index contributed by atoms with van der Waals surface area (Å²) in [5.74, 6) is 1.47. The van der Waals surface area contributed by atoms with Gasteiger partial charge in [-0.2, -0.15) is 5.10 Å². The van der Waals surface area contributed by atoms with Crippen LogP contribution in [0.2, 0.25) is 5.02 Å². The van der Waals surface area contributed by atoms with Crippen LogP contribution >= 0.6 is 11.6 Å². The van der Waals surface area contributed by atoms with E-state index in [0.29, 0.717) is 39.5 Å². The molecule has 190 valence electrons. The van der Waals surface area contributed by atoms with Crippen LogP contribution in [0.5, 0.6) is 11.6 Å². The number of methoxy groups -OCH3 is 2. The lowest BCUT2D eigenvalue weighted by Gasteiger charge is -2.08. The average Bonchev–Trinajstić information content (AvgIpc) is 3.53. The van der Waals surface area contributed by atoms with Gasteiger partial charge in [0.15, 0.2) is 5.82 Å². The number of pyridine rings is 1. The highest BCUT2D eigenvalue weighted by Gasteiger charge is 2.22. The highest BCUT2D eigenvalue weighted by Crippen LogP contribution is 2.30. The number of rotatable bonds is 6.